The highest BCUT2D eigenvalue weighted by Crippen LogP contribution is 2.20. The summed E-state index contributed by atoms with van der Waals surface area (Å²) in [6.07, 6.45) is 3.79. The number of rotatable bonds is 4. The van der Waals surface area contributed by atoms with E-state index in [-0.39, 0.29) is 11.6 Å². The van der Waals surface area contributed by atoms with E-state index in [1.165, 1.54) is 12.1 Å². The molecule has 0 saturated carbocycles. The number of fused-ring (bicyclic) bond motifs is 1. The second kappa shape index (κ2) is 7.81. The van der Waals surface area contributed by atoms with Gasteiger partial charge in [0.05, 0.1) is 15.6 Å². The fourth-order valence-corrected chi connectivity index (χ4v) is 3.72. The van der Waals surface area contributed by atoms with Gasteiger partial charge in [-0.25, -0.2) is 4.98 Å². The van der Waals surface area contributed by atoms with Crippen LogP contribution in [0.2, 0.25) is 5.02 Å². The largest absolute Gasteiger partial charge is 0.336 e. The van der Waals surface area contributed by atoms with Gasteiger partial charge in [-0.3, -0.25) is 19.8 Å². The number of nitro benzene ring substituents is 1. The number of hydrogen-bond acceptors (Lipinski definition) is 5. The van der Waals surface area contributed by atoms with Gasteiger partial charge in [-0.05, 0) is 24.6 Å². The maximum Gasteiger partial charge on any atom is 0.270 e. The number of piperazine rings is 1. The van der Waals surface area contributed by atoms with Crippen molar-refractivity contribution in [1.29, 1.82) is 0 Å². The molecule has 0 bridgehead atoms. The summed E-state index contributed by atoms with van der Waals surface area (Å²) in [5, 5.41) is 11.7. The summed E-state index contributed by atoms with van der Waals surface area (Å²) in [7, 11) is 0. The van der Waals surface area contributed by atoms with Crippen LogP contribution in [0.25, 0.3) is 5.65 Å². The van der Waals surface area contributed by atoms with E-state index >= 15 is 0 Å². The van der Waals surface area contributed by atoms with Crippen molar-refractivity contribution < 1.29 is 9.72 Å². The van der Waals surface area contributed by atoms with Gasteiger partial charge in [-0.1, -0.05) is 17.7 Å². The van der Waals surface area contributed by atoms with E-state index in [1.807, 2.05) is 28.9 Å². The molecule has 0 radical (unpaired) electrons. The Bertz CT molecular complexity index is 1090. The fraction of sp³-hybridized carbons (Fsp3) is 0.300. The zero-order chi connectivity index (χ0) is 20.5. The van der Waals surface area contributed by atoms with Gasteiger partial charge in [0.25, 0.3) is 11.6 Å². The van der Waals surface area contributed by atoms with Crippen LogP contribution in [0.15, 0.2) is 42.7 Å². The first-order valence-electron chi connectivity index (χ1n) is 9.30. The zero-order valence-electron chi connectivity index (χ0n) is 15.9. The SMILES string of the molecule is Cc1ccc([N+](=O)[O-])cc1C(=O)N1CCN(Cc2cn3cc(Cl)ccc3n2)CC1. The fourth-order valence-electron chi connectivity index (χ4n) is 3.56. The van der Waals surface area contributed by atoms with Crippen molar-refractivity contribution in [1.82, 2.24) is 19.2 Å². The van der Waals surface area contributed by atoms with Crippen LogP contribution in [-0.4, -0.2) is 56.2 Å². The van der Waals surface area contributed by atoms with E-state index < -0.39 is 4.92 Å². The van der Waals surface area contributed by atoms with E-state index in [0.717, 1.165) is 16.9 Å². The van der Waals surface area contributed by atoms with Crippen LogP contribution in [0.4, 0.5) is 5.69 Å². The molecule has 150 valence electrons. The van der Waals surface area contributed by atoms with Crippen LogP contribution in [0, 0.1) is 17.0 Å². The highest BCUT2D eigenvalue weighted by atomic mass is 35.5. The van der Waals surface area contributed by atoms with Crippen molar-refractivity contribution in [2.45, 2.75) is 13.5 Å². The lowest BCUT2D eigenvalue weighted by molar-refractivity contribution is -0.384. The Hall–Kier alpha value is -2.97. The highest BCUT2D eigenvalue weighted by molar-refractivity contribution is 6.30. The lowest BCUT2D eigenvalue weighted by Crippen LogP contribution is -2.48. The normalized spacial score (nSPS) is 15.0. The van der Waals surface area contributed by atoms with E-state index in [2.05, 4.69) is 9.88 Å². The smallest absolute Gasteiger partial charge is 0.270 e. The number of pyridine rings is 1. The maximum atomic E-state index is 12.9. The molecule has 3 aromatic rings. The number of imidazole rings is 1. The van der Waals surface area contributed by atoms with Crippen molar-refractivity contribution in [2.75, 3.05) is 26.2 Å². The maximum absolute atomic E-state index is 12.9. The molecular weight excluding hydrogens is 394 g/mol. The summed E-state index contributed by atoms with van der Waals surface area (Å²) in [6.45, 7) is 5.06. The van der Waals surface area contributed by atoms with Crippen LogP contribution >= 0.6 is 11.6 Å². The number of non-ortho nitro benzene ring substituents is 1. The number of nitro groups is 1. The molecule has 4 rings (SSSR count). The first kappa shape index (κ1) is 19.4. The Morgan fingerprint density at radius 2 is 1.93 bits per heavy atom. The molecule has 0 spiro atoms. The average molecular weight is 414 g/mol. The van der Waals surface area contributed by atoms with Crippen LogP contribution < -0.4 is 0 Å². The number of hydrogen-bond donors (Lipinski definition) is 0. The van der Waals surface area contributed by atoms with Gasteiger partial charge in [0.1, 0.15) is 5.65 Å². The third-order valence-corrected chi connectivity index (χ3v) is 5.40. The molecule has 1 fully saturated rings. The Kier molecular flexibility index (Phi) is 5.21. The number of nitrogens with zero attached hydrogens (tertiary/aromatic N) is 5. The third kappa shape index (κ3) is 4.08. The number of aromatic nitrogens is 2. The van der Waals surface area contributed by atoms with Crippen LogP contribution in [0.3, 0.4) is 0 Å². The van der Waals surface area contributed by atoms with Crippen molar-refractivity contribution >= 4 is 28.8 Å². The molecular formula is C20H20ClN5O3. The van der Waals surface area contributed by atoms with Crippen LogP contribution in [-0.2, 0) is 6.54 Å². The molecule has 2 aromatic heterocycles. The minimum Gasteiger partial charge on any atom is -0.336 e. The second-order valence-electron chi connectivity index (χ2n) is 7.17. The Morgan fingerprint density at radius 3 is 2.66 bits per heavy atom. The topological polar surface area (TPSA) is 84.0 Å². The Labute approximate surface area is 172 Å². The summed E-state index contributed by atoms with van der Waals surface area (Å²) in [5.41, 5.74) is 2.86. The van der Waals surface area contributed by atoms with Crippen molar-refractivity contribution in [3.05, 3.63) is 74.7 Å². The molecule has 1 saturated heterocycles. The number of halogens is 1. The number of aryl methyl sites for hydroxylation is 1. The van der Waals surface area contributed by atoms with Crippen molar-refractivity contribution in [3.63, 3.8) is 0 Å². The highest BCUT2D eigenvalue weighted by Gasteiger charge is 2.25. The lowest BCUT2D eigenvalue weighted by Gasteiger charge is -2.34. The molecule has 8 nitrogen and oxygen atoms in total. The third-order valence-electron chi connectivity index (χ3n) is 5.17. The van der Waals surface area contributed by atoms with E-state index in [9.17, 15) is 14.9 Å². The van der Waals surface area contributed by atoms with Crippen LogP contribution in [0.5, 0.6) is 0 Å². The van der Waals surface area contributed by atoms with Gasteiger partial charge in [0, 0.05) is 62.8 Å². The molecule has 0 atom stereocenters. The molecule has 9 heteroatoms. The number of benzene rings is 1. The minimum atomic E-state index is -0.476. The van der Waals surface area contributed by atoms with E-state index in [0.29, 0.717) is 43.3 Å². The van der Waals surface area contributed by atoms with Gasteiger partial charge in [-0.15, -0.1) is 0 Å². The van der Waals surface area contributed by atoms with Crippen molar-refractivity contribution in [3.8, 4) is 0 Å². The molecule has 3 heterocycles. The number of carbonyl (C=O) groups excluding carboxylic acids is 1. The first-order chi connectivity index (χ1) is 13.9. The number of carbonyl (C=O) groups is 1. The number of amides is 1. The Morgan fingerprint density at radius 1 is 1.17 bits per heavy atom. The van der Waals surface area contributed by atoms with Gasteiger partial charge in [0.15, 0.2) is 0 Å². The quantitative estimate of drug-likeness (QED) is 0.484. The molecule has 0 N–H and O–H groups in total. The summed E-state index contributed by atoms with van der Waals surface area (Å²) >= 11 is 6.02. The summed E-state index contributed by atoms with van der Waals surface area (Å²) in [5.74, 6) is -0.159. The molecule has 1 amide bonds. The van der Waals surface area contributed by atoms with E-state index in [4.69, 9.17) is 11.6 Å². The van der Waals surface area contributed by atoms with Gasteiger partial charge in [-0.2, -0.15) is 0 Å². The van der Waals surface area contributed by atoms with Gasteiger partial charge < -0.3 is 9.30 Å². The molecule has 1 aliphatic heterocycles. The summed E-state index contributed by atoms with van der Waals surface area (Å²) in [4.78, 5) is 32.0. The molecule has 29 heavy (non-hydrogen) atoms. The monoisotopic (exact) mass is 413 g/mol. The van der Waals surface area contributed by atoms with Gasteiger partial charge in [0.2, 0.25) is 0 Å². The van der Waals surface area contributed by atoms with Gasteiger partial charge >= 0.3 is 0 Å². The van der Waals surface area contributed by atoms with Crippen LogP contribution in [0.1, 0.15) is 21.6 Å². The first-order valence-corrected chi connectivity index (χ1v) is 9.68. The lowest BCUT2D eigenvalue weighted by atomic mass is 10.1. The van der Waals surface area contributed by atoms with Crippen molar-refractivity contribution in [2.24, 2.45) is 0 Å². The average Bonchev–Trinajstić information content (AvgIpc) is 3.09. The Balaban J connectivity index is 1.40. The molecule has 1 aliphatic rings. The molecule has 1 aromatic carbocycles. The minimum absolute atomic E-state index is 0.0652. The standard InChI is InChI=1S/C20H20ClN5O3/c1-14-2-4-17(26(28)29)10-18(14)20(27)24-8-6-23(7-9-24)12-16-13-25-11-15(21)3-5-19(25)22-16/h2-5,10-11,13H,6-9,12H2,1H3. The summed E-state index contributed by atoms with van der Waals surface area (Å²) < 4.78 is 1.91. The van der Waals surface area contributed by atoms with E-state index in [1.54, 1.807) is 17.9 Å². The molecule has 0 unspecified atom stereocenters. The predicted molar refractivity (Wildman–Crippen MR) is 109 cm³/mol. The second-order valence-corrected chi connectivity index (χ2v) is 7.61. The zero-order valence-corrected chi connectivity index (χ0v) is 16.7. The summed E-state index contributed by atoms with van der Waals surface area (Å²) in [6, 6.07) is 8.10. The molecule has 0 aliphatic carbocycles. The predicted octanol–water partition coefficient (Wildman–Crippen LogP) is 3.16.